The Morgan fingerprint density at radius 2 is 1.64 bits per heavy atom. The van der Waals surface area contributed by atoms with Gasteiger partial charge in [-0.2, -0.15) is 0 Å². The Bertz CT molecular complexity index is 1400. The second-order valence-corrected chi connectivity index (χ2v) is 12.1. The van der Waals surface area contributed by atoms with Gasteiger partial charge in [0, 0.05) is 24.5 Å². The maximum atomic E-state index is 14.1. The highest BCUT2D eigenvalue weighted by molar-refractivity contribution is 7.92. The Morgan fingerprint density at radius 1 is 0.974 bits per heavy atom. The normalized spacial score (nSPS) is 12.0. The molecule has 0 heterocycles. The molecule has 0 radical (unpaired) electrons. The molecule has 3 aromatic carbocycles. The van der Waals surface area contributed by atoms with Crippen molar-refractivity contribution < 1.29 is 18.0 Å². The summed E-state index contributed by atoms with van der Waals surface area (Å²) in [6.45, 7) is 3.88. The van der Waals surface area contributed by atoms with Crippen molar-refractivity contribution in [1.29, 1.82) is 0 Å². The highest BCUT2D eigenvalue weighted by atomic mass is 35.5. The molecule has 0 aliphatic carbocycles. The minimum Gasteiger partial charge on any atom is -0.354 e. The second kappa shape index (κ2) is 13.8. The molecule has 10 heteroatoms. The first kappa shape index (κ1) is 30.5. The molecule has 7 nitrogen and oxygen atoms in total. The summed E-state index contributed by atoms with van der Waals surface area (Å²) < 4.78 is 26.7. The summed E-state index contributed by atoms with van der Waals surface area (Å²) in [5.41, 5.74) is 2.75. The van der Waals surface area contributed by atoms with Gasteiger partial charge in [0.25, 0.3) is 0 Å². The molecular formula is C29H33Cl2N3O4S. The van der Waals surface area contributed by atoms with Crippen LogP contribution in [0, 0.1) is 6.92 Å². The van der Waals surface area contributed by atoms with Crippen molar-refractivity contribution in [1.82, 2.24) is 10.2 Å². The minimum atomic E-state index is -3.94. The SMILES string of the molecule is CCCNC(=O)[C@@H](Cc1ccccc1)N(Cc1ccccc1C)C(=O)CN(c1cc(Cl)ccc1Cl)S(C)(=O)=O. The molecule has 3 rings (SSSR count). The summed E-state index contributed by atoms with van der Waals surface area (Å²) >= 11 is 12.5. The fourth-order valence-electron chi connectivity index (χ4n) is 4.16. The smallest absolute Gasteiger partial charge is 0.244 e. The first-order valence-electron chi connectivity index (χ1n) is 12.6. The Hall–Kier alpha value is -3.07. The van der Waals surface area contributed by atoms with E-state index in [1.54, 1.807) is 0 Å². The van der Waals surface area contributed by atoms with Crippen molar-refractivity contribution in [3.05, 3.63) is 99.5 Å². The van der Waals surface area contributed by atoms with E-state index in [1.165, 1.54) is 23.1 Å². The van der Waals surface area contributed by atoms with Gasteiger partial charge in [0.1, 0.15) is 12.6 Å². The van der Waals surface area contributed by atoms with Crippen LogP contribution in [-0.4, -0.2) is 50.5 Å². The molecule has 208 valence electrons. The van der Waals surface area contributed by atoms with Crippen LogP contribution in [0.2, 0.25) is 10.0 Å². The van der Waals surface area contributed by atoms with E-state index in [9.17, 15) is 18.0 Å². The summed E-state index contributed by atoms with van der Waals surface area (Å²) in [6, 6.07) is 20.5. The number of carbonyl (C=O) groups excluding carboxylic acids is 2. The van der Waals surface area contributed by atoms with Crippen molar-refractivity contribution in [2.45, 2.75) is 39.3 Å². The van der Waals surface area contributed by atoms with Crippen LogP contribution in [0.4, 0.5) is 5.69 Å². The van der Waals surface area contributed by atoms with Crippen LogP contribution >= 0.6 is 23.2 Å². The summed E-state index contributed by atoms with van der Waals surface area (Å²) in [7, 11) is -3.94. The van der Waals surface area contributed by atoms with Gasteiger partial charge in [0.05, 0.1) is 17.0 Å². The third kappa shape index (κ3) is 8.46. The van der Waals surface area contributed by atoms with Crippen LogP contribution in [0.1, 0.15) is 30.0 Å². The van der Waals surface area contributed by atoms with Crippen LogP contribution in [-0.2, 0) is 32.6 Å². The molecule has 0 fully saturated rings. The van der Waals surface area contributed by atoms with Crippen molar-refractivity contribution in [2.24, 2.45) is 0 Å². The van der Waals surface area contributed by atoms with E-state index in [0.29, 0.717) is 6.54 Å². The Labute approximate surface area is 240 Å². The third-order valence-electron chi connectivity index (χ3n) is 6.28. The van der Waals surface area contributed by atoms with Gasteiger partial charge in [-0.05, 0) is 48.2 Å². The van der Waals surface area contributed by atoms with Gasteiger partial charge in [-0.15, -0.1) is 0 Å². The third-order valence-corrected chi connectivity index (χ3v) is 7.96. The van der Waals surface area contributed by atoms with E-state index in [4.69, 9.17) is 23.2 Å². The van der Waals surface area contributed by atoms with Crippen molar-refractivity contribution in [3.63, 3.8) is 0 Å². The van der Waals surface area contributed by atoms with Crippen LogP contribution in [0.15, 0.2) is 72.8 Å². The molecule has 0 aromatic heterocycles. The van der Waals surface area contributed by atoms with Gasteiger partial charge in [-0.3, -0.25) is 13.9 Å². The number of hydrogen-bond donors (Lipinski definition) is 1. The average Bonchev–Trinajstić information content (AvgIpc) is 2.90. The minimum absolute atomic E-state index is 0.0888. The van der Waals surface area contributed by atoms with Crippen molar-refractivity contribution in [3.8, 4) is 0 Å². The number of sulfonamides is 1. The number of hydrogen-bond acceptors (Lipinski definition) is 4. The molecule has 1 atom stereocenters. The lowest BCUT2D eigenvalue weighted by Crippen LogP contribution is -2.53. The van der Waals surface area contributed by atoms with Gasteiger partial charge >= 0.3 is 0 Å². The van der Waals surface area contributed by atoms with E-state index < -0.39 is 28.5 Å². The van der Waals surface area contributed by atoms with Gasteiger partial charge < -0.3 is 10.2 Å². The predicted molar refractivity (Wildman–Crippen MR) is 158 cm³/mol. The first-order chi connectivity index (χ1) is 18.5. The molecule has 1 N–H and O–H groups in total. The highest BCUT2D eigenvalue weighted by Gasteiger charge is 2.33. The van der Waals surface area contributed by atoms with E-state index in [1.807, 2.05) is 68.4 Å². The van der Waals surface area contributed by atoms with E-state index in [2.05, 4.69) is 5.32 Å². The number of halogens is 2. The van der Waals surface area contributed by atoms with E-state index >= 15 is 0 Å². The zero-order valence-electron chi connectivity index (χ0n) is 22.2. The molecule has 0 aliphatic heterocycles. The molecular weight excluding hydrogens is 557 g/mol. The lowest BCUT2D eigenvalue weighted by atomic mass is 10.0. The number of nitrogens with zero attached hydrogens (tertiary/aromatic N) is 2. The highest BCUT2D eigenvalue weighted by Crippen LogP contribution is 2.31. The fourth-order valence-corrected chi connectivity index (χ4v) is 5.45. The van der Waals surface area contributed by atoms with E-state index in [-0.39, 0.29) is 34.6 Å². The standard InChI is InChI=1S/C29H33Cl2N3O4S/c1-4-16-32-29(36)27(17-22-11-6-5-7-12-22)33(19-23-13-9-8-10-21(23)2)28(35)20-34(39(3,37)38)26-18-24(30)14-15-25(26)31/h5-15,18,27H,4,16-17,19-20H2,1-3H3,(H,32,36)/t27-/m1/s1. The second-order valence-electron chi connectivity index (χ2n) is 9.31. The monoisotopic (exact) mass is 589 g/mol. The molecule has 0 saturated carbocycles. The van der Waals surface area contributed by atoms with Gasteiger partial charge in [-0.25, -0.2) is 8.42 Å². The van der Waals surface area contributed by atoms with Gasteiger partial charge in [0.15, 0.2) is 0 Å². The predicted octanol–water partition coefficient (Wildman–Crippen LogP) is 5.23. The van der Waals surface area contributed by atoms with Crippen LogP contribution in [0.25, 0.3) is 0 Å². The maximum Gasteiger partial charge on any atom is 0.244 e. The maximum absolute atomic E-state index is 14.1. The number of nitrogens with one attached hydrogen (secondary N) is 1. The molecule has 0 saturated heterocycles. The fraction of sp³-hybridized carbons (Fsp3) is 0.310. The molecule has 39 heavy (non-hydrogen) atoms. The van der Waals surface area contributed by atoms with Crippen LogP contribution in [0.3, 0.4) is 0 Å². The summed E-state index contributed by atoms with van der Waals surface area (Å²) in [5.74, 6) is -0.860. The number of aryl methyl sites for hydroxylation is 1. The lowest BCUT2D eigenvalue weighted by molar-refractivity contribution is -0.140. The van der Waals surface area contributed by atoms with Crippen LogP contribution < -0.4 is 9.62 Å². The van der Waals surface area contributed by atoms with Crippen molar-refractivity contribution in [2.75, 3.05) is 23.7 Å². The number of carbonyl (C=O) groups is 2. The Balaban J connectivity index is 2.08. The Morgan fingerprint density at radius 3 is 2.28 bits per heavy atom. The summed E-state index contributed by atoms with van der Waals surface area (Å²) in [5, 5.41) is 3.32. The Kier molecular flexibility index (Phi) is 10.8. The number of rotatable bonds is 12. The molecule has 0 aliphatic rings. The number of anilines is 1. The molecule has 0 spiro atoms. The summed E-state index contributed by atoms with van der Waals surface area (Å²) in [6.07, 6.45) is 1.98. The van der Waals surface area contributed by atoms with Gasteiger partial charge in [-0.1, -0.05) is 84.7 Å². The van der Waals surface area contributed by atoms with Crippen LogP contribution in [0.5, 0.6) is 0 Å². The molecule has 0 unspecified atom stereocenters. The van der Waals surface area contributed by atoms with Crippen molar-refractivity contribution >= 4 is 50.7 Å². The molecule has 0 bridgehead atoms. The van der Waals surface area contributed by atoms with E-state index in [0.717, 1.165) is 33.7 Å². The topological polar surface area (TPSA) is 86.8 Å². The number of benzene rings is 3. The molecule has 2 amide bonds. The molecule has 3 aromatic rings. The zero-order valence-corrected chi connectivity index (χ0v) is 24.6. The largest absolute Gasteiger partial charge is 0.354 e. The van der Waals surface area contributed by atoms with Gasteiger partial charge in [0.2, 0.25) is 21.8 Å². The summed E-state index contributed by atoms with van der Waals surface area (Å²) in [4.78, 5) is 29.0. The first-order valence-corrected chi connectivity index (χ1v) is 15.2. The lowest BCUT2D eigenvalue weighted by Gasteiger charge is -2.34. The zero-order chi connectivity index (χ0) is 28.6. The quantitative estimate of drug-likeness (QED) is 0.313. The average molecular weight is 591 g/mol. The number of amides is 2.